The molecule has 4 aliphatic rings. The highest BCUT2D eigenvalue weighted by Crippen LogP contribution is 2.33. The number of piperidine rings is 2. The van der Waals surface area contributed by atoms with Crippen molar-refractivity contribution >= 4 is 17.5 Å². The topological polar surface area (TPSA) is 88.9 Å². The molecule has 1 N–H and O–H groups in total. The summed E-state index contributed by atoms with van der Waals surface area (Å²) in [5, 5.41) is 8.01. The molecule has 0 radical (unpaired) electrons. The minimum atomic E-state index is -0.154. The Hall–Kier alpha value is -3.59. The molecule has 44 heavy (non-hydrogen) atoms. The van der Waals surface area contributed by atoms with Gasteiger partial charge in [-0.1, -0.05) is 18.6 Å². The number of likely N-dealkylation sites (tertiary alicyclic amines) is 2. The predicted octanol–water partition coefficient (Wildman–Crippen LogP) is 5.06. The number of amides is 2. The van der Waals surface area contributed by atoms with Gasteiger partial charge < -0.3 is 24.6 Å². The summed E-state index contributed by atoms with van der Waals surface area (Å²) in [6, 6.07) is 8.41. The fourth-order valence-electron chi connectivity index (χ4n) is 7.43. The monoisotopic (exact) mass is 601 g/mol. The summed E-state index contributed by atoms with van der Waals surface area (Å²) in [5.74, 6) is 1.54. The summed E-state index contributed by atoms with van der Waals surface area (Å²) in [6.07, 6.45) is 17.3. The number of benzene rings is 1. The van der Waals surface area contributed by atoms with Crippen molar-refractivity contribution in [1.29, 1.82) is 0 Å². The highest BCUT2D eigenvalue weighted by atomic mass is 16.5. The van der Waals surface area contributed by atoms with E-state index in [0.717, 1.165) is 81.4 Å². The molecule has 1 saturated carbocycles. The Kier molecular flexibility index (Phi) is 9.69. The van der Waals surface area contributed by atoms with E-state index in [0.29, 0.717) is 29.1 Å². The van der Waals surface area contributed by atoms with Gasteiger partial charge in [-0.25, -0.2) is 4.68 Å². The predicted molar refractivity (Wildman–Crippen MR) is 171 cm³/mol. The first-order valence-electron chi connectivity index (χ1n) is 16.6. The van der Waals surface area contributed by atoms with Crippen LogP contribution in [0, 0.1) is 5.92 Å². The molecule has 1 aromatic carbocycles. The van der Waals surface area contributed by atoms with Crippen molar-refractivity contribution in [2.24, 2.45) is 5.92 Å². The standard InChI is InChI=1S/C35H47N5O4/c1-43-32-16-13-26(23-33(32)44-2)31-10-6-3-5-9-29-24-30(37-40(29)31)34(41)36-27-14-11-25(12-15-27)35(42)39-21-17-28(18-22-39)38-19-7-4-8-20-38/h3,6,10,13,16,23-25,27-28H,4-5,7-9,11-12,14-15,17-22H2,1-2H3,(H,36,41)/b6-3-,31-10-/t25-,27-. The quantitative estimate of drug-likeness (QED) is 0.478. The smallest absolute Gasteiger partial charge is 0.272 e. The van der Waals surface area contributed by atoms with E-state index in [4.69, 9.17) is 14.6 Å². The van der Waals surface area contributed by atoms with Crippen LogP contribution in [0.1, 0.15) is 86.0 Å². The van der Waals surface area contributed by atoms with Gasteiger partial charge in [0.05, 0.1) is 19.9 Å². The molecule has 2 amide bonds. The Morgan fingerprint density at radius 2 is 1.64 bits per heavy atom. The van der Waals surface area contributed by atoms with Crippen molar-refractivity contribution < 1.29 is 19.1 Å². The highest BCUT2D eigenvalue weighted by molar-refractivity contribution is 5.93. The van der Waals surface area contributed by atoms with Gasteiger partial charge in [-0.3, -0.25) is 9.59 Å². The van der Waals surface area contributed by atoms with Crippen LogP contribution < -0.4 is 14.8 Å². The fraction of sp³-hybridized carbons (Fsp3) is 0.571. The molecule has 2 saturated heterocycles. The van der Waals surface area contributed by atoms with E-state index in [9.17, 15) is 9.59 Å². The summed E-state index contributed by atoms with van der Waals surface area (Å²) in [5.41, 5.74) is 3.20. The van der Waals surface area contributed by atoms with Gasteiger partial charge in [0.25, 0.3) is 5.91 Å². The summed E-state index contributed by atoms with van der Waals surface area (Å²) >= 11 is 0. The lowest BCUT2D eigenvalue weighted by Crippen LogP contribution is -2.50. The number of rotatable bonds is 7. The van der Waals surface area contributed by atoms with E-state index in [1.807, 2.05) is 41.1 Å². The molecular weight excluding hydrogens is 554 g/mol. The second kappa shape index (κ2) is 14.0. The Bertz CT molecular complexity index is 1380. The van der Waals surface area contributed by atoms with Crippen molar-refractivity contribution in [1.82, 2.24) is 24.9 Å². The summed E-state index contributed by atoms with van der Waals surface area (Å²) in [7, 11) is 3.24. The SMILES string of the molecule is COc1ccc(/C2=C/C=C\CCc3cc(C(=O)N[C@H]4CC[C@H](C(=O)N5CCC(N6CCCCC6)CC5)CC4)nn32)cc1OC. The van der Waals surface area contributed by atoms with E-state index < -0.39 is 0 Å². The van der Waals surface area contributed by atoms with Gasteiger partial charge in [0.15, 0.2) is 17.2 Å². The van der Waals surface area contributed by atoms with Crippen LogP contribution in [-0.4, -0.2) is 83.9 Å². The average molecular weight is 602 g/mol. The third-order valence-electron chi connectivity index (χ3n) is 9.98. The van der Waals surface area contributed by atoms with Gasteiger partial charge in [-0.2, -0.15) is 5.10 Å². The molecule has 3 fully saturated rings. The molecule has 236 valence electrons. The maximum atomic E-state index is 13.4. The first-order valence-corrected chi connectivity index (χ1v) is 16.6. The van der Waals surface area contributed by atoms with Crippen LogP contribution in [-0.2, 0) is 11.2 Å². The molecule has 0 atom stereocenters. The molecule has 0 spiro atoms. The molecule has 4 heterocycles. The number of aromatic nitrogens is 2. The van der Waals surface area contributed by atoms with Gasteiger partial charge in [0.2, 0.25) is 5.91 Å². The molecule has 3 aliphatic heterocycles. The van der Waals surface area contributed by atoms with E-state index >= 15 is 0 Å². The zero-order chi connectivity index (χ0) is 30.5. The number of aryl methyl sites for hydroxylation is 1. The van der Waals surface area contributed by atoms with Crippen LogP contribution in [0.3, 0.4) is 0 Å². The second-order valence-electron chi connectivity index (χ2n) is 12.7. The molecular formula is C35H47N5O4. The lowest BCUT2D eigenvalue weighted by Gasteiger charge is -2.41. The van der Waals surface area contributed by atoms with E-state index in [-0.39, 0.29) is 17.9 Å². The van der Waals surface area contributed by atoms with E-state index in [2.05, 4.69) is 21.2 Å². The lowest BCUT2D eigenvalue weighted by atomic mass is 9.84. The van der Waals surface area contributed by atoms with Crippen LogP contribution in [0.5, 0.6) is 11.5 Å². The number of carbonyl (C=O) groups is 2. The average Bonchev–Trinajstić information content (AvgIpc) is 3.48. The van der Waals surface area contributed by atoms with Crippen LogP contribution >= 0.6 is 0 Å². The van der Waals surface area contributed by atoms with E-state index in [1.165, 1.54) is 32.4 Å². The number of nitrogens with zero attached hydrogens (tertiary/aromatic N) is 4. The molecule has 9 nitrogen and oxygen atoms in total. The normalized spacial score (nSPS) is 25.1. The minimum absolute atomic E-state index is 0.0585. The number of carbonyl (C=O) groups excluding carboxylic acids is 2. The number of fused-ring (bicyclic) bond motifs is 1. The van der Waals surface area contributed by atoms with E-state index in [1.54, 1.807) is 14.2 Å². The largest absolute Gasteiger partial charge is 0.493 e. The third kappa shape index (κ3) is 6.72. The Morgan fingerprint density at radius 1 is 0.886 bits per heavy atom. The third-order valence-corrected chi connectivity index (χ3v) is 9.98. The molecule has 6 rings (SSSR count). The maximum absolute atomic E-state index is 13.4. The van der Waals surface area contributed by atoms with Gasteiger partial charge in [0.1, 0.15) is 0 Å². The highest BCUT2D eigenvalue weighted by Gasteiger charge is 2.33. The Labute approximate surface area is 261 Å². The van der Waals surface area contributed by atoms with Crippen LogP contribution in [0.2, 0.25) is 0 Å². The van der Waals surface area contributed by atoms with Crippen LogP contribution in [0.15, 0.2) is 42.5 Å². The summed E-state index contributed by atoms with van der Waals surface area (Å²) in [4.78, 5) is 31.6. The zero-order valence-electron chi connectivity index (χ0n) is 26.3. The first-order chi connectivity index (χ1) is 21.5. The lowest BCUT2D eigenvalue weighted by molar-refractivity contribution is -0.138. The van der Waals surface area contributed by atoms with Crippen molar-refractivity contribution in [2.45, 2.75) is 82.7 Å². The van der Waals surface area contributed by atoms with Crippen molar-refractivity contribution in [2.75, 3.05) is 40.4 Å². The number of ether oxygens (including phenoxy) is 2. The number of hydrogen-bond donors (Lipinski definition) is 1. The first kappa shape index (κ1) is 30.4. The Balaban J connectivity index is 1.05. The Morgan fingerprint density at radius 3 is 2.36 bits per heavy atom. The minimum Gasteiger partial charge on any atom is -0.493 e. The van der Waals surface area contributed by atoms with Crippen LogP contribution in [0.25, 0.3) is 5.70 Å². The van der Waals surface area contributed by atoms with Gasteiger partial charge in [-0.15, -0.1) is 0 Å². The van der Waals surface area contributed by atoms with Crippen LogP contribution in [0.4, 0.5) is 0 Å². The second-order valence-corrected chi connectivity index (χ2v) is 12.7. The summed E-state index contributed by atoms with van der Waals surface area (Å²) < 4.78 is 12.8. The molecule has 9 heteroatoms. The van der Waals surface area contributed by atoms with Gasteiger partial charge in [-0.05, 0) is 108 Å². The molecule has 1 aliphatic carbocycles. The zero-order valence-corrected chi connectivity index (χ0v) is 26.3. The molecule has 0 unspecified atom stereocenters. The number of allylic oxidation sites excluding steroid dienone is 3. The fourth-order valence-corrected chi connectivity index (χ4v) is 7.43. The number of nitrogens with one attached hydrogen (secondary N) is 1. The van der Waals surface area contributed by atoms with Crippen molar-refractivity contribution in [3.8, 4) is 11.5 Å². The number of methoxy groups -OCH3 is 2. The van der Waals surface area contributed by atoms with Crippen molar-refractivity contribution in [3.05, 3.63) is 59.4 Å². The maximum Gasteiger partial charge on any atom is 0.272 e. The summed E-state index contributed by atoms with van der Waals surface area (Å²) in [6.45, 7) is 4.22. The molecule has 2 aromatic rings. The van der Waals surface area contributed by atoms with Gasteiger partial charge >= 0.3 is 0 Å². The molecule has 1 aromatic heterocycles. The number of hydrogen-bond acceptors (Lipinski definition) is 6. The molecule has 0 bridgehead atoms. The van der Waals surface area contributed by atoms with Crippen molar-refractivity contribution in [3.63, 3.8) is 0 Å². The van der Waals surface area contributed by atoms with Gasteiger partial charge in [0, 0.05) is 42.3 Å².